The van der Waals surface area contributed by atoms with Gasteiger partial charge < -0.3 is 10.8 Å². The predicted molar refractivity (Wildman–Crippen MR) is 73.0 cm³/mol. The van der Waals surface area contributed by atoms with Crippen LogP contribution in [-0.4, -0.2) is 41.8 Å². The Hall–Kier alpha value is -0.120. The Bertz CT molecular complexity index is 197. The van der Waals surface area contributed by atoms with Gasteiger partial charge in [-0.05, 0) is 45.6 Å². The van der Waals surface area contributed by atoms with Gasteiger partial charge in [0.2, 0.25) is 0 Å². The van der Waals surface area contributed by atoms with E-state index in [4.69, 9.17) is 10.8 Å². The van der Waals surface area contributed by atoms with E-state index in [1.807, 2.05) is 0 Å². The molecule has 2 atom stereocenters. The van der Waals surface area contributed by atoms with Crippen LogP contribution >= 0.6 is 0 Å². The molecular weight excluding hydrogens is 212 g/mol. The number of hydrogen-bond donors (Lipinski definition) is 2. The summed E-state index contributed by atoms with van der Waals surface area (Å²) in [6.45, 7) is 6.64. The lowest BCUT2D eigenvalue weighted by molar-refractivity contribution is 0.0931. The second-order valence-corrected chi connectivity index (χ2v) is 5.61. The fraction of sp³-hybridized carbons (Fsp3) is 1.00. The molecule has 0 aromatic carbocycles. The van der Waals surface area contributed by atoms with Crippen LogP contribution < -0.4 is 5.73 Å². The van der Waals surface area contributed by atoms with Gasteiger partial charge in [-0.25, -0.2) is 0 Å². The minimum atomic E-state index is 0.295. The SMILES string of the molecule is CC(C)N(CCCO)C1CCCCCC1CN. The summed E-state index contributed by atoms with van der Waals surface area (Å²) in [5, 5.41) is 9.02. The Balaban J connectivity index is 2.66. The van der Waals surface area contributed by atoms with Crippen molar-refractivity contribution in [3.63, 3.8) is 0 Å². The third-order valence-corrected chi connectivity index (χ3v) is 4.09. The molecule has 0 bridgehead atoms. The van der Waals surface area contributed by atoms with Crippen molar-refractivity contribution >= 4 is 0 Å². The van der Waals surface area contributed by atoms with Crippen LogP contribution in [0.15, 0.2) is 0 Å². The average molecular weight is 242 g/mol. The maximum absolute atomic E-state index is 9.02. The van der Waals surface area contributed by atoms with Crippen LogP contribution in [0.1, 0.15) is 52.4 Å². The van der Waals surface area contributed by atoms with E-state index in [9.17, 15) is 0 Å². The number of aliphatic hydroxyl groups is 1. The van der Waals surface area contributed by atoms with Gasteiger partial charge in [0.25, 0.3) is 0 Å². The molecule has 0 heterocycles. The van der Waals surface area contributed by atoms with Gasteiger partial charge in [0, 0.05) is 25.2 Å². The van der Waals surface area contributed by atoms with E-state index >= 15 is 0 Å². The third-order valence-electron chi connectivity index (χ3n) is 4.09. The summed E-state index contributed by atoms with van der Waals surface area (Å²) in [5.41, 5.74) is 5.95. The highest BCUT2D eigenvalue weighted by Gasteiger charge is 2.29. The van der Waals surface area contributed by atoms with Crippen molar-refractivity contribution in [1.29, 1.82) is 0 Å². The molecule has 2 unspecified atom stereocenters. The largest absolute Gasteiger partial charge is 0.396 e. The van der Waals surface area contributed by atoms with Crippen molar-refractivity contribution in [1.82, 2.24) is 4.90 Å². The molecule has 3 N–H and O–H groups in total. The zero-order chi connectivity index (χ0) is 12.7. The van der Waals surface area contributed by atoms with Crippen molar-refractivity contribution in [3.8, 4) is 0 Å². The molecule has 102 valence electrons. The molecule has 17 heavy (non-hydrogen) atoms. The Labute approximate surface area is 106 Å². The first-order valence-corrected chi connectivity index (χ1v) is 7.27. The molecule has 0 aromatic rings. The molecule has 1 rings (SSSR count). The van der Waals surface area contributed by atoms with E-state index in [1.54, 1.807) is 0 Å². The van der Waals surface area contributed by atoms with Crippen LogP contribution in [-0.2, 0) is 0 Å². The summed E-state index contributed by atoms with van der Waals surface area (Å²) < 4.78 is 0. The van der Waals surface area contributed by atoms with Crippen LogP contribution in [0.5, 0.6) is 0 Å². The monoisotopic (exact) mass is 242 g/mol. The third kappa shape index (κ3) is 4.57. The number of nitrogens with two attached hydrogens (primary N) is 1. The molecule has 3 nitrogen and oxygen atoms in total. The van der Waals surface area contributed by atoms with Crippen LogP contribution in [0.2, 0.25) is 0 Å². The highest BCUT2D eigenvalue weighted by Crippen LogP contribution is 2.28. The zero-order valence-corrected chi connectivity index (χ0v) is 11.6. The molecule has 1 aliphatic rings. The molecule has 1 saturated carbocycles. The Morgan fingerprint density at radius 1 is 1.24 bits per heavy atom. The lowest BCUT2D eigenvalue weighted by atomic mass is 9.92. The Morgan fingerprint density at radius 3 is 2.53 bits per heavy atom. The van der Waals surface area contributed by atoms with Crippen molar-refractivity contribution < 1.29 is 5.11 Å². The van der Waals surface area contributed by atoms with Crippen molar-refractivity contribution in [2.24, 2.45) is 11.7 Å². The summed E-state index contributed by atoms with van der Waals surface area (Å²) in [5.74, 6) is 0.651. The number of hydrogen-bond acceptors (Lipinski definition) is 3. The highest BCUT2D eigenvalue weighted by atomic mass is 16.3. The smallest absolute Gasteiger partial charge is 0.0443 e. The second-order valence-electron chi connectivity index (χ2n) is 5.61. The van der Waals surface area contributed by atoms with Gasteiger partial charge in [-0.1, -0.05) is 19.3 Å². The molecular formula is C14H30N2O. The minimum absolute atomic E-state index is 0.295. The fourth-order valence-electron chi connectivity index (χ4n) is 3.14. The van der Waals surface area contributed by atoms with Gasteiger partial charge >= 0.3 is 0 Å². The molecule has 3 heteroatoms. The molecule has 0 saturated heterocycles. The summed E-state index contributed by atoms with van der Waals surface area (Å²) in [6, 6.07) is 1.19. The van der Waals surface area contributed by atoms with Gasteiger partial charge in [0.15, 0.2) is 0 Å². The van der Waals surface area contributed by atoms with Crippen molar-refractivity contribution in [2.45, 2.75) is 64.5 Å². The molecule has 0 spiro atoms. The Morgan fingerprint density at radius 2 is 1.94 bits per heavy atom. The summed E-state index contributed by atoms with van der Waals surface area (Å²) >= 11 is 0. The first kappa shape index (κ1) is 14.9. The molecule has 0 radical (unpaired) electrons. The van der Waals surface area contributed by atoms with Gasteiger partial charge in [0.1, 0.15) is 0 Å². The summed E-state index contributed by atoms with van der Waals surface area (Å²) in [4.78, 5) is 2.57. The van der Waals surface area contributed by atoms with Gasteiger partial charge in [-0.3, -0.25) is 4.90 Å². The van der Waals surface area contributed by atoms with Crippen molar-refractivity contribution in [3.05, 3.63) is 0 Å². The number of rotatable bonds is 6. The highest BCUT2D eigenvalue weighted by molar-refractivity contribution is 4.84. The first-order chi connectivity index (χ1) is 8.20. The van der Waals surface area contributed by atoms with E-state index < -0.39 is 0 Å². The molecule has 0 aliphatic heterocycles. The van der Waals surface area contributed by atoms with Gasteiger partial charge in [0.05, 0.1) is 0 Å². The topological polar surface area (TPSA) is 49.5 Å². The second kappa shape index (κ2) is 8.06. The Kier molecular flexibility index (Phi) is 7.09. The first-order valence-electron chi connectivity index (χ1n) is 7.27. The van der Waals surface area contributed by atoms with E-state index in [2.05, 4.69) is 18.7 Å². The van der Waals surface area contributed by atoms with Crippen molar-refractivity contribution in [2.75, 3.05) is 19.7 Å². The number of aliphatic hydroxyl groups excluding tert-OH is 1. The quantitative estimate of drug-likeness (QED) is 0.700. The van der Waals surface area contributed by atoms with E-state index in [0.717, 1.165) is 19.5 Å². The minimum Gasteiger partial charge on any atom is -0.396 e. The summed E-state index contributed by atoms with van der Waals surface area (Å²) in [6.07, 6.45) is 7.48. The normalized spacial score (nSPS) is 26.5. The summed E-state index contributed by atoms with van der Waals surface area (Å²) in [7, 11) is 0. The van der Waals surface area contributed by atoms with Crippen LogP contribution in [0.25, 0.3) is 0 Å². The van der Waals surface area contributed by atoms with Gasteiger partial charge in [-0.15, -0.1) is 0 Å². The van der Waals surface area contributed by atoms with Gasteiger partial charge in [-0.2, -0.15) is 0 Å². The van der Waals surface area contributed by atoms with E-state index in [1.165, 1.54) is 32.1 Å². The molecule has 0 aromatic heterocycles. The molecule has 0 amide bonds. The lowest BCUT2D eigenvalue weighted by Crippen LogP contribution is -2.47. The lowest BCUT2D eigenvalue weighted by Gasteiger charge is -2.38. The van der Waals surface area contributed by atoms with E-state index in [0.29, 0.717) is 24.6 Å². The van der Waals surface area contributed by atoms with E-state index in [-0.39, 0.29) is 0 Å². The van der Waals surface area contributed by atoms with Crippen LogP contribution in [0.3, 0.4) is 0 Å². The predicted octanol–water partition coefficient (Wildman–Crippen LogP) is 1.99. The average Bonchev–Trinajstić information content (AvgIpc) is 2.54. The zero-order valence-electron chi connectivity index (χ0n) is 11.6. The molecule has 1 fully saturated rings. The maximum atomic E-state index is 9.02. The standard InChI is InChI=1S/C14H30N2O/c1-12(2)16(9-6-10-17)14-8-5-3-4-7-13(14)11-15/h12-14,17H,3-11,15H2,1-2H3. The molecule has 1 aliphatic carbocycles. The van der Waals surface area contributed by atoms with Crippen LogP contribution in [0.4, 0.5) is 0 Å². The number of nitrogens with zero attached hydrogens (tertiary/aromatic N) is 1. The fourth-order valence-corrected chi connectivity index (χ4v) is 3.14. The maximum Gasteiger partial charge on any atom is 0.0443 e. The van der Waals surface area contributed by atoms with Crippen LogP contribution in [0, 0.1) is 5.92 Å².